The predicted molar refractivity (Wildman–Crippen MR) is 87.5 cm³/mol. The molecule has 1 unspecified atom stereocenters. The summed E-state index contributed by atoms with van der Waals surface area (Å²) in [6.45, 7) is 7.40. The molecule has 2 heteroatoms. The van der Waals surface area contributed by atoms with Crippen LogP contribution in [0.15, 0.2) is 42.5 Å². The molecule has 0 spiro atoms. The third-order valence-electron chi connectivity index (χ3n) is 3.71. The van der Waals surface area contributed by atoms with Crippen molar-refractivity contribution in [3.05, 3.63) is 69.7 Å². The summed E-state index contributed by atoms with van der Waals surface area (Å²) in [6.07, 6.45) is 0.981. The van der Waals surface area contributed by atoms with Gasteiger partial charge in [-0.25, -0.2) is 0 Å². The average molecular weight is 288 g/mol. The van der Waals surface area contributed by atoms with Gasteiger partial charge in [-0.1, -0.05) is 48.9 Å². The SMILES string of the molecule is CCNC(Cc1ccc(C)c(C)c1)c1cccc(Cl)c1. The largest absolute Gasteiger partial charge is 0.310 e. The summed E-state index contributed by atoms with van der Waals surface area (Å²) in [5.41, 5.74) is 5.30. The number of benzene rings is 2. The van der Waals surface area contributed by atoms with Gasteiger partial charge in [0.15, 0.2) is 0 Å². The summed E-state index contributed by atoms with van der Waals surface area (Å²) in [6, 6.07) is 15.1. The van der Waals surface area contributed by atoms with Crippen LogP contribution in [0.25, 0.3) is 0 Å². The van der Waals surface area contributed by atoms with Crippen LogP contribution in [0, 0.1) is 13.8 Å². The van der Waals surface area contributed by atoms with Gasteiger partial charge in [-0.05, 0) is 61.2 Å². The molecule has 0 amide bonds. The monoisotopic (exact) mass is 287 g/mol. The van der Waals surface area contributed by atoms with Crippen molar-refractivity contribution in [2.24, 2.45) is 0 Å². The molecule has 0 saturated carbocycles. The minimum Gasteiger partial charge on any atom is -0.310 e. The van der Waals surface area contributed by atoms with Gasteiger partial charge in [-0.2, -0.15) is 0 Å². The first-order valence-electron chi connectivity index (χ1n) is 7.15. The van der Waals surface area contributed by atoms with Crippen molar-refractivity contribution in [2.45, 2.75) is 33.2 Å². The van der Waals surface area contributed by atoms with Gasteiger partial charge in [-0.15, -0.1) is 0 Å². The zero-order valence-electron chi connectivity index (χ0n) is 12.4. The number of rotatable bonds is 5. The first kappa shape index (κ1) is 15.1. The van der Waals surface area contributed by atoms with E-state index in [1.54, 1.807) is 0 Å². The molecule has 0 fully saturated rings. The molecule has 0 heterocycles. The maximum absolute atomic E-state index is 6.11. The summed E-state index contributed by atoms with van der Waals surface area (Å²) in [7, 11) is 0. The molecule has 0 aliphatic carbocycles. The molecular weight excluding hydrogens is 266 g/mol. The predicted octanol–water partition coefficient (Wildman–Crippen LogP) is 4.85. The van der Waals surface area contributed by atoms with E-state index in [0.717, 1.165) is 18.0 Å². The lowest BCUT2D eigenvalue weighted by Crippen LogP contribution is -2.23. The number of nitrogens with one attached hydrogen (secondary N) is 1. The Hall–Kier alpha value is -1.31. The van der Waals surface area contributed by atoms with Crippen LogP contribution >= 0.6 is 11.6 Å². The van der Waals surface area contributed by atoms with E-state index in [-0.39, 0.29) is 0 Å². The Morgan fingerprint density at radius 3 is 2.50 bits per heavy atom. The molecule has 1 nitrogen and oxygen atoms in total. The number of aryl methyl sites for hydroxylation is 2. The van der Waals surface area contributed by atoms with E-state index in [1.165, 1.54) is 22.3 Å². The molecule has 0 radical (unpaired) electrons. The van der Waals surface area contributed by atoms with E-state index in [2.05, 4.69) is 56.4 Å². The van der Waals surface area contributed by atoms with Crippen molar-refractivity contribution in [3.63, 3.8) is 0 Å². The zero-order chi connectivity index (χ0) is 14.5. The fourth-order valence-corrected chi connectivity index (χ4v) is 2.64. The maximum Gasteiger partial charge on any atom is 0.0409 e. The van der Waals surface area contributed by atoms with Gasteiger partial charge in [0, 0.05) is 11.1 Å². The molecule has 2 rings (SSSR count). The normalized spacial score (nSPS) is 12.4. The second-order valence-corrected chi connectivity index (χ2v) is 5.72. The van der Waals surface area contributed by atoms with Gasteiger partial charge >= 0.3 is 0 Å². The van der Waals surface area contributed by atoms with Gasteiger partial charge in [0.2, 0.25) is 0 Å². The third kappa shape index (κ3) is 3.84. The molecule has 2 aromatic carbocycles. The fourth-order valence-electron chi connectivity index (χ4n) is 2.44. The van der Waals surface area contributed by atoms with Gasteiger partial charge in [-0.3, -0.25) is 0 Å². The molecule has 106 valence electrons. The van der Waals surface area contributed by atoms with E-state index in [4.69, 9.17) is 11.6 Å². The number of halogens is 1. The van der Waals surface area contributed by atoms with Crippen molar-refractivity contribution in [1.82, 2.24) is 5.32 Å². The highest BCUT2D eigenvalue weighted by Gasteiger charge is 2.12. The van der Waals surface area contributed by atoms with E-state index in [9.17, 15) is 0 Å². The van der Waals surface area contributed by atoms with E-state index >= 15 is 0 Å². The molecule has 0 aromatic heterocycles. The highest BCUT2D eigenvalue weighted by molar-refractivity contribution is 6.30. The van der Waals surface area contributed by atoms with Gasteiger partial charge in [0.25, 0.3) is 0 Å². The Labute approximate surface area is 127 Å². The quantitative estimate of drug-likeness (QED) is 0.829. The van der Waals surface area contributed by atoms with Crippen LogP contribution in [0.5, 0.6) is 0 Å². The summed E-state index contributed by atoms with van der Waals surface area (Å²) >= 11 is 6.11. The minimum atomic E-state index is 0.306. The molecule has 0 aliphatic heterocycles. The van der Waals surface area contributed by atoms with Crippen molar-refractivity contribution in [3.8, 4) is 0 Å². The average Bonchev–Trinajstić information content (AvgIpc) is 2.42. The van der Waals surface area contributed by atoms with E-state index < -0.39 is 0 Å². The third-order valence-corrected chi connectivity index (χ3v) is 3.95. The van der Waals surface area contributed by atoms with Crippen LogP contribution in [0.4, 0.5) is 0 Å². The van der Waals surface area contributed by atoms with Crippen LogP contribution < -0.4 is 5.32 Å². The van der Waals surface area contributed by atoms with Crippen molar-refractivity contribution in [2.75, 3.05) is 6.54 Å². The van der Waals surface area contributed by atoms with Gasteiger partial charge in [0.05, 0.1) is 0 Å². The lowest BCUT2D eigenvalue weighted by Gasteiger charge is -2.19. The highest BCUT2D eigenvalue weighted by atomic mass is 35.5. The standard InChI is InChI=1S/C18H22ClN/c1-4-20-18(16-6-5-7-17(19)12-16)11-15-9-8-13(2)14(3)10-15/h5-10,12,18,20H,4,11H2,1-3H3. The molecule has 0 bridgehead atoms. The summed E-state index contributed by atoms with van der Waals surface area (Å²) in [4.78, 5) is 0. The second-order valence-electron chi connectivity index (χ2n) is 5.29. The smallest absolute Gasteiger partial charge is 0.0409 e. The Kier molecular flexibility index (Phi) is 5.22. The van der Waals surface area contributed by atoms with Gasteiger partial charge < -0.3 is 5.32 Å². The Morgan fingerprint density at radius 1 is 1.05 bits per heavy atom. The van der Waals surface area contributed by atoms with Crippen LogP contribution in [0.2, 0.25) is 5.02 Å². The van der Waals surface area contributed by atoms with Crippen molar-refractivity contribution in [1.29, 1.82) is 0 Å². The first-order chi connectivity index (χ1) is 9.60. The molecule has 1 atom stereocenters. The molecule has 20 heavy (non-hydrogen) atoms. The molecule has 1 N–H and O–H groups in total. The van der Waals surface area contributed by atoms with Crippen LogP contribution in [0.1, 0.15) is 35.2 Å². The Bertz CT molecular complexity index is 577. The van der Waals surface area contributed by atoms with Crippen LogP contribution in [-0.2, 0) is 6.42 Å². The van der Waals surface area contributed by atoms with Gasteiger partial charge in [0.1, 0.15) is 0 Å². The molecule has 0 aliphatic rings. The number of hydrogen-bond acceptors (Lipinski definition) is 1. The summed E-state index contributed by atoms with van der Waals surface area (Å²) in [5, 5.41) is 4.35. The summed E-state index contributed by atoms with van der Waals surface area (Å²) < 4.78 is 0. The Morgan fingerprint density at radius 2 is 1.85 bits per heavy atom. The van der Waals surface area contributed by atoms with Crippen molar-refractivity contribution < 1.29 is 0 Å². The molecular formula is C18H22ClN. The van der Waals surface area contributed by atoms with Crippen LogP contribution in [0.3, 0.4) is 0 Å². The maximum atomic E-state index is 6.11. The van der Waals surface area contributed by atoms with E-state index in [0.29, 0.717) is 6.04 Å². The Balaban J connectivity index is 2.22. The number of likely N-dealkylation sites (N-methyl/N-ethyl adjacent to an activating group) is 1. The lowest BCUT2D eigenvalue weighted by atomic mass is 9.96. The highest BCUT2D eigenvalue weighted by Crippen LogP contribution is 2.22. The molecule has 2 aromatic rings. The lowest BCUT2D eigenvalue weighted by molar-refractivity contribution is 0.549. The zero-order valence-corrected chi connectivity index (χ0v) is 13.2. The second kappa shape index (κ2) is 6.92. The summed E-state index contributed by atoms with van der Waals surface area (Å²) in [5.74, 6) is 0. The van der Waals surface area contributed by atoms with E-state index in [1.807, 2.05) is 12.1 Å². The first-order valence-corrected chi connectivity index (χ1v) is 7.53. The number of hydrogen-bond donors (Lipinski definition) is 1. The minimum absolute atomic E-state index is 0.306. The fraction of sp³-hybridized carbons (Fsp3) is 0.333. The van der Waals surface area contributed by atoms with Crippen molar-refractivity contribution >= 4 is 11.6 Å². The topological polar surface area (TPSA) is 12.0 Å². The molecule has 0 saturated heterocycles. The van der Waals surface area contributed by atoms with Crippen LogP contribution in [-0.4, -0.2) is 6.54 Å².